The maximum Gasteiger partial charge on any atom is 0.258 e. The number of halogens is 1. The van der Waals surface area contributed by atoms with Crippen LogP contribution in [-0.4, -0.2) is 49.8 Å². The zero-order valence-corrected chi connectivity index (χ0v) is 21.4. The van der Waals surface area contributed by atoms with Crippen molar-refractivity contribution < 1.29 is 9.90 Å². The Morgan fingerprint density at radius 3 is 2.91 bits per heavy atom. The van der Waals surface area contributed by atoms with E-state index in [-0.39, 0.29) is 11.9 Å². The standard InChI is InChI=1S/C27H34ClN5O2/c1-18(2)8-6-12-24(34)32-15-5-4-9-21(17-32)33-25-22(28)10-7-11-23(25)30-27(33)31-26(35)20-13-14-29-19(3)16-20/h6-7,10-14,16,18,21,24,34H,4-5,8-9,15,17H2,1-3H3,(H,30,31,35)/b12-6+/t21-,24?/m1/s1. The molecular weight excluding hydrogens is 462 g/mol. The minimum absolute atomic E-state index is 0.00924. The summed E-state index contributed by atoms with van der Waals surface area (Å²) in [7, 11) is 0. The van der Waals surface area contributed by atoms with E-state index in [0.717, 1.165) is 49.0 Å². The van der Waals surface area contributed by atoms with E-state index in [1.165, 1.54) is 0 Å². The quantitative estimate of drug-likeness (QED) is 0.417. The fourth-order valence-corrected chi connectivity index (χ4v) is 4.86. The third-order valence-corrected chi connectivity index (χ3v) is 6.68. The van der Waals surface area contributed by atoms with Crippen molar-refractivity contribution in [2.45, 2.75) is 58.7 Å². The lowest BCUT2D eigenvalue weighted by Gasteiger charge is -2.29. The Balaban J connectivity index is 1.67. The predicted octanol–water partition coefficient (Wildman–Crippen LogP) is 5.59. The molecular formula is C27H34ClN5O2. The first kappa shape index (κ1) is 25.4. The topological polar surface area (TPSA) is 83.3 Å². The van der Waals surface area contributed by atoms with Crippen molar-refractivity contribution in [3.05, 3.63) is 65.0 Å². The average molecular weight is 496 g/mol. The summed E-state index contributed by atoms with van der Waals surface area (Å²) in [6, 6.07) is 9.05. The number of allylic oxidation sites excluding steroid dienone is 1. The number of nitrogens with one attached hydrogen (secondary N) is 1. The van der Waals surface area contributed by atoms with E-state index in [1.807, 2.05) is 35.8 Å². The molecule has 0 saturated carbocycles. The summed E-state index contributed by atoms with van der Waals surface area (Å²) < 4.78 is 2.05. The molecule has 2 atom stereocenters. The molecule has 1 unspecified atom stereocenters. The van der Waals surface area contributed by atoms with Crippen LogP contribution in [0, 0.1) is 12.8 Å². The van der Waals surface area contributed by atoms with Crippen LogP contribution in [0.15, 0.2) is 48.7 Å². The molecule has 0 bridgehead atoms. The molecule has 1 aromatic carbocycles. The summed E-state index contributed by atoms with van der Waals surface area (Å²) in [4.78, 5) is 24.1. The number of rotatable bonds is 7. The lowest BCUT2D eigenvalue weighted by atomic mass is 10.1. The number of hydrogen-bond donors (Lipinski definition) is 2. The number of carbonyl (C=O) groups is 1. The lowest BCUT2D eigenvalue weighted by Crippen LogP contribution is -2.38. The van der Waals surface area contributed by atoms with Gasteiger partial charge >= 0.3 is 0 Å². The van der Waals surface area contributed by atoms with E-state index in [4.69, 9.17) is 16.6 Å². The second-order valence-corrected chi connectivity index (χ2v) is 10.1. The molecule has 7 nitrogen and oxygen atoms in total. The normalized spacial score (nSPS) is 18.3. The number of pyridine rings is 1. The molecule has 2 aromatic heterocycles. The van der Waals surface area contributed by atoms with Crippen LogP contribution in [-0.2, 0) is 0 Å². The zero-order valence-electron chi connectivity index (χ0n) is 20.6. The summed E-state index contributed by atoms with van der Waals surface area (Å²) in [5.41, 5.74) is 2.82. The molecule has 0 spiro atoms. The van der Waals surface area contributed by atoms with Crippen LogP contribution in [0.2, 0.25) is 5.02 Å². The summed E-state index contributed by atoms with van der Waals surface area (Å²) in [6.07, 6.45) is 8.73. The van der Waals surface area contributed by atoms with Crippen LogP contribution in [0.1, 0.15) is 61.6 Å². The Labute approximate surface area is 211 Å². The van der Waals surface area contributed by atoms with E-state index in [1.54, 1.807) is 18.3 Å². The van der Waals surface area contributed by atoms with Gasteiger partial charge in [0.05, 0.1) is 22.1 Å². The molecule has 4 rings (SSSR count). The molecule has 2 N–H and O–H groups in total. The summed E-state index contributed by atoms with van der Waals surface area (Å²) in [5.74, 6) is 0.764. The maximum absolute atomic E-state index is 13.1. The summed E-state index contributed by atoms with van der Waals surface area (Å²) in [5, 5.41) is 14.5. The number of carbonyl (C=O) groups excluding carboxylic acids is 1. The number of fused-ring (bicyclic) bond motifs is 1. The first-order valence-electron chi connectivity index (χ1n) is 12.3. The molecule has 8 heteroatoms. The number of imidazole rings is 1. The summed E-state index contributed by atoms with van der Waals surface area (Å²) >= 11 is 6.65. The number of nitrogens with zero attached hydrogens (tertiary/aromatic N) is 4. The van der Waals surface area contributed by atoms with Crippen LogP contribution in [0.4, 0.5) is 5.95 Å². The molecule has 1 saturated heterocycles. The van der Waals surface area contributed by atoms with Gasteiger partial charge in [0.25, 0.3) is 5.91 Å². The minimum Gasteiger partial charge on any atom is -0.375 e. The van der Waals surface area contributed by atoms with Gasteiger partial charge in [0.2, 0.25) is 5.95 Å². The number of aliphatic hydroxyl groups excluding tert-OH is 1. The predicted molar refractivity (Wildman–Crippen MR) is 141 cm³/mol. The molecule has 186 valence electrons. The number of para-hydroxylation sites is 1. The Hall–Kier alpha value is -2.74. The second-order valence-electron chi connectivity index (χ2n) is 9.67. The highest BCUT2D eigenvalue weighted by Gasteiger charge is 2.28. The Kier molecular flexibility index (Phi) is 8.21. The van der Waals surface area contributed by atoms with Crippen molar-refractivity contribution in [1.29, 1.82) is 0 Å². The van der Waals surface area contributed by atoms with Gasteiger partial charge in [-0.25, -0.2) is 4.98 Å². The monoisotopic (exact) mass is 495 g/mol. The Bertz CT molecular complexity index is 1210. The van der Waals surface area contributed by atoms with E-state index in [2.05, 4.69) is 35.1 Å². The second kappa shape index (κ2) is 11.3. The molecule has 1 fully saturated rings. The van der Waals surface area contributed by atoms with Crippen molar-refractivity contribution in [2.75, 3.05) is 18.4 Å². The highest BCUT2D eigenvalue weighted by Crippen LogP contribution is 2.34. The highest BCUT2D eigenvalue weighted by molar-refractivity contribution is 6.35. The fraction of sp³-hybridized carbons (Fsp3) is 0.444. The van der Waals surface area contributed by atoms with Gasteiger partial charge in [0.1, 0.15) is 6.23 Å². The molecule has 35 heavy (non-hydrogen) atoms. The van der Waals surface area contributed by atoms with Gasteiger partial charge in [-0.15, -0.1) is 0 Å². The smallest absolute Gasteiger partial charge is 0.258 e. The lowest BCUT2D eigenvalue weighted by molar-refractivity contribution is 0.0367. The van der Waals surface area contributed by atoms with Gasteiger partial charge < -0.3 is 9.67 Å². The first-order chi connectivity index (χ1) is 16.8. The Morgan fingerprint density at radius 2 is 2.14 bits per heavy atom. The van der Waals surface area contributed by atoms with Crippen molar-refractivity contribution in [2.24, 2.45) is 5.92 Å². The highest BCUT2D eigenvalue weighted by atomic mass is 35.5. The van der Waals surface area contributed by atoms with Crippen LogP contribution in [0.5, 0.6) is 0 Å². The van der Waals surface area contributed by atoms with Crippen LogP contribution < -0.4 is 5.32 Å². The van der Waals surface area contributed by atoms with Crippen molar-refractivity contribution in [3.63, 3.8) is 0 Å². The van der Waals surface area contributed by atoms with Crippen molar-refractivity contribution in [3.8, 4) is 0 Å². The molecule has 0 aliphatic carbocycles. The molecule has 1 aliphatic heterocycles. The maximum atomic E-state index is 13.1. The van der Waals surface area contributed by atoms with Gasteiger partial charge in [0.15, 0.2) is 0 Å². The zero-order chi connectivity index (χ0) is 24.9. The number of aromatic nitrogens is 3. The van der Waals surface area contributed by atoms with Crippen LogP contribution in [0.25, 0.3) is 11.0 Å². The van der Waals surface area contributed by atoms with E-state index in [0.29, 0.717) is 29.0 Å². The third kappa shape index (κ3) is 6.10. The molecule has 1 amide bonds. The molecule has 3 aromatic rings. The summed E-state index contributed by atoms with van der Waals surface area (Å²) in [6.45, 7) is 7.61. The van der Waals surface area contributed by atoms with Gasteiger partial charge in [-0.3, -0.25) is 20.0 Å². The first-order valence-corrected chi connectivity index (χ1v) is 12.7. The van der Waals surface area contributed by atoms with E-state index >= 15 is 0 Å². The third-order valence-electron chi connectivity index (χ3n) is 6.38. The molecule has 0 radical (unpaired) electrons. The van der Waals surface area contributed by atoms with Gasteiger partial charge in [-0.2, -0.15) is 0 Å². The number of hydrogen-bond acceptors (Lipinski definition) is 5. The fourth-order valence-electron chi connectivity index (χ4n) is 4.60. The number of amides is 1. The number of likely N-dealkylation sites (tertiary alicyclic amines) is 1. The van der Waals surface area contributed by atoms with Crippen molar-refractivity contribution in [1.82, 2.24) is 19.4 Å². The number of benzene rings is 1. The van der Waals surface area contributed by atoms with Crippen LogP contribution >= 0.6 is 11.6 Å². The van der Waals surface area contributed by atoms with Crippen LogP contribution in [0.3, 0.4) is 0 Å². The van der Waals surface area contributed by atoms with Gasteiger partial charge in [-0.1, -0.05) is 44.0 Å². The SMILES string of the molecule is Cc1cc(C(=O)Nc2nc3cccc(Cl)c3n2[C@@H]2CCCCN(C(O)/C=C/CC(C)C)C2)ccn1. The average Bonchev–Trinajstić information content (AvgIpc) is 3.01. The largest absolute Gasteiger partial charge is 0.375 e. The van der Waals surface area contributed by atoms with Gasteiger partial charge in [-0.05, 0) is 62.4 Å². The van der Waals surface area contributed by atoms with Gasteiger partial charge in [0, 0.05) is 30.5 Å². The van der Waals surface area contributed by atoms with E-state index in [9.17, 15) is 9.90 Å². The Morgan fingerprint density at radius 1 is 1.31 bits per heavy atom. The molecule has 1 aliphatic rings. The number of aliphatic hydroxyl groups is 1. The number of anilines is 1. The number of aryl methyl sites for hydroxylation is 1. The minimum atomic E-state index is -0.655. The molecule has 3 heterocycles. The van der Waals surface area contributed by atoms with Crippen molar-refractivity contribution >= 4 is 34.5 Å². The van der Waals surface area contributed by atoms with E-state index < -0.39 is 6.23 Å².